The van der Waals surface area contributed by atoms with E-state index in [1.54, 1.807) is 0 Å². The minimum atomic E-state index is -4.73. The van der Waals surface area contributed by atoms with Gasteiger partial charge >= 0.3 is 12.1 Å². The van der Waals surface area contributed by atoms with Crippen LogP contribution < -0.4 is 5.32 Å². The molecule has 1 fully saturated rings. The van der Waals surface area contributed by atoms with Crippen molar-refractivity contribution in [3.8, 4) is 0 Å². The number of benzene rings is 1. The van der Waals surface area contributed by atoms with E-state index >= 15 is 0 Å². The number of nitrogens with zero attached hydrogens (tertiary/aromatic N) is 1. The second-order valence-corrected chi connectivity index (χ2v) is 5.54. The van der Waals surface area contributed by atoms with E-state index in [0.29, 0.717) is 25.5 Å². The van der Waals surface area contributed by atoms with Crippen LogP contribution in [0.2, 0.25) is 0 Å². The van der Waals surface area contributed by atoms with Gasteiger partial charge in [-0.05, 0) is 37.1 Å². The van der Waals surface area contributed by atoms with Gasteiger partial charge in [-0.25, -0.2) is 4.39 Å². The zero-order valence-corrected chi connectivity index (χ0v) is 12.6. The summed E-state index contributed by atoms with van der Waals surface area (Å²) in [5.74, 6) is -2.63. The van der Waals surface area contributed by atoms with Crippen LogP contribution in [-0.2, 0) is 22.3 Å². The van der Waals surface area contributed by atoms with Crippen molar-refractivity contribution in [1.29, 1.82) is 0 Å². The Morgan fingerprint density at radius 2 is 2.04 bits per heavy atom. The molecular weight excluding hydrogens is 332 g/mol. The highest BCUT2D eigenvalue weighted by atomic mass is 19.4. The third-order valence-corrected chi connectivity index (χ3v) is 3.85. The summed E-state index contributed by atoms with van der Waals surface area (Å²) >= 11 is 0. The van der Waals surface area contributed by atoms with Crippen LogP contribution in [0.5, 0.6) is 0 Å². The Morgan fingerprint density at radius 1 is 1.33 bits per heavy atom. The van der Waals surface area contributed by atoms with Gasteiger partial charge in [0.15, 0.2) is 0 Å². The van der Waals surface area contributed by atoms with Gasteiger partial charge in [-0.2, -0.15) is 13.2 Å². The molecule has 24 heavy (non-hydrogen) atoms. The lowest BCUT2D eigenvalue weighted by molar-refractivity contribution is -0.143. The van der Waals surface area contributed by atoms with Crippen LogP contribution in [0, 0.1) is 5.82 Å². The van der Waals surface area contributed by atoms with E-state index in [1.807, 2.05) is 0 Å². The number of carboxylic acids is 1. The molecule has 0 aliphatic carbocycles. The van der Waals surface area contributed by atoms with Gasteiger partial charge in [0.2, 0.25) is 5.91 Å². The van der Waals surface area contributed by atoms with Crippen LogP contribution >= 0.6 is 0 Å². The number of hydrogen-bond acceptors (Lipinski definition) is 3. The number of rotatable bonds is 5. The number of aliphatic carboxylic acids is 1. The molecule has 2 rings (SSSR count). The fraction of sp³-hybridized carbons (Fsp3) is 0.467. The number of likely N-dealkylation sites (tertiary alicyclic amines) is 1. The van der Waals surface area contributed by atoms with Crippen molar-refractivity contribution < 1.29 is 32.3 Å². The summed E-state index contributed by atoms with van der Waals surface area (Å²) in [5, 5.41) is 11.3. The SMILES string of the molecule is O=C(CN1CCCC1C(=O)O)NCc1ccc(F)cc1C(F)(F)F. The van der Waals surface area contributed by atoms with Crippen LogP contribution in [0.15, 0.2) is 18.2 Å². The van der Waals surface area contributed by atoms with Gasteiger partial charge in [-0.15, -0.1) is 0 Å². The summed E-state index contributed by atoms with van der Waals surface area (Å²) in [7, 11) is 0. The van der Waals surface area contributed by atoms with Crippen LogP contribution in [0.1, 0.15) is 24.0 Å². The van der Waals surface area contributed by atoms with Crippen molar-refractivity contribution in [1.82, 2.24) is 10.2 Å². The van der Waals surface area contributed by atoms with E-state index in [0.717, 1.165) is 12.1 Å². The Balaban J connectivity index is 1.98. The molecule has 1 saturated heterocycles. The van der Waals surface area contributed by atoms with Gasteiger partial charge in [0.25, 0.3) is 0 Å². The number of carbonyl (C=O) groups excluding carboxylic acids is 1. The Hall–Kier alpha value is -2.16. The molecule has 1 aliphatic heterocycles. The third kappa shape index (κ3) is 4.44. The molecule has 1 aromatic carbocycles. The predicted octanol–water partition coefficient (Wildman–Crippen LogP) is 2.01. The van der Waals surface area contributed by atoms with E-state index in [9.17, 15) is 27.2 Å². The average molecular weight is 348 g/mol. The van der Waals surface area contributed by atoms with Crippen molar-refractivity contribution in [2.45, 2.75) is 31.6 Å². The molecule has 0 saturated carbocycles. The maximum absolute atomic E-state index is 13.0. The first-order chi connectivity index (χ1) is 11.2. The highest BCUT2D eigenvalue weighted by Crippen LogP contribution is 2.32. The number of carbonyl (C=O) groups is 2. The number of amides is 1. The van der Waals surface area contributed by atoms with Crippen LogP contribution in [0.25, 0.3) is 0 Å². The molecule has 1 aliphatic rings. The summed E-state index contributed by atoms with van der Waals surface area (Å²) in [6.07, 6.45) is -3.66. The van der Waals surface area contributed by atoms with Gasteiger partial charge in [0, 0.05) is 6.54 Å². The molecule has 2 N–H and O–H groups in total. The summed E-state index contributed by atoms with van der Waals surface area (Å²) in [4.78, 5) is 24.4. The first kappa shape index (κ1) is 18.2. The smallest absolute Gasteiger partial charge is 0.416 e. The normalized spacial score (nSPS) is 18.6. The van der Waals surface area contributed by atoms with Crippen molar-refractivity contribution in [2.75, 3.05) is 13.1 Å². The van der Waals surface area contributed by atoms with Crippen molar-refractivity contribution in [3.05, 3.63) is 35.1 Å². The van der Waals surface area contributed by atoms with Crippen molar-refractivity contribution in [2.24, 2.45) is 0 Å². The topological polar surface area (TPSA) is 69.6 Å². The molecule has 0 radical (unpaired) electrons. The van der Waals surface area contributed by atoms with E-state index in [-0.39, 0.29) is 12.1 Å². The van der Waals surface area contributed by atoms with E-state index in [2.05, 4.69) is 5.32 Å². The second-order valence-electron chi connectivity index (χ2n) is 5.54. The molecule has 1 atom stereocenters. The first-order valence-electron chi connectivity index (χ1n) is 7.27. The molecule has 1 amide bonds. The number of alkyl halides is 3. The molecule has 1 heterocycles. The molecule has 0 spiro atoms. The number of hydrogen-bond donors (Lipinski definition) is 2. The Labute approximate surface area is 135 Å². The molecule has 0 bridgehead atoms. The molecule has 132 valence electrons. The first-order valence-corrected chi connectivity index (χ1v) is 7.27. The van der Waals surface area contributed by atoms with Crippen LogP contribution in [0.3, 0.4) is 0 Å². The Morgan fingerprint density at radius 3 is 2.67 bits per heavy atom. The van der Waals surface area contributed by atoms with Gasteiger partial charge in [-0.3, -0.25) is 14.5 Å². The fourth-order valence-electron chi connectivity index (χ4n) is 2.70. The minimum absolute atomic E-state index is 0.209. The lowest BCUT2D eigenvalue weighted by Crippen LogP contribution is -2.42. The van der Waals surface area contributed by atoms with Crippen LogP contribution in [-0.4, -0.2) is 41.0 Å². The van der Waals surface area contributed by atoms with Gasteiger partial charge in [-0.1, -0.05) is 6.07 Å². The van der Waals surface area contributed by atoms with Gasteiger partial charge in [0.1, 0.15) is 11.9 Å². The zero-order valence-electron chi connectivity index (χ0n) is 12.6. The average Bonchev–Trinajstić information content (AvgIpc) is 2.93. The van der Waals surface area contributed by atoms with Crippen LogP contribution in [0.4, 0.5) is 17.6 Å². The second kappa shape index (κ2) is 7.16. The quantitative estimate of drug-likeness (QED) is 0.799. The fourth-order valence-corrected chi connectivity index (χ4v) is 2.70. The standard InChI is InChI=1S/C15H16F4N2O3/c16-10-4-3-9(11(6-10)15(17,18)19)7-20-13(22)8-21-5-1-2-12(21)14(23)24/h3-4,6,12H,1-2,5,7-8H2,(H,20,22)(H,23,24). The Bertz CT molecular complexity index is 634. The summed E-state index contributed by atoms with van der Waals surface area (Å²) in [6, 6.07) is 1.47. The van der Waals surface area contributed by atoms with E-state index in [4.69, 9.17) is 5.11 Å². The highest BCUT2D eigenvalue weighted by molar-refractivity contribution is 5.80. The predicted molar refractivity (Wildman–Crippen MR) is 75.5 cm³/mol. The van der Waals surface area contributed by atoms with Crippen molar-refractivity contribution >= 4 is 11.9 Å². The molecule has 1 aromatic rings. The maximum atomic E-state index is 13.0. The lowest BCUT2D eigenvalue weighted by Gasteiger charge is -2.20. The molecule has 0 aromatic heterocycles. The molecule has 5 nitrogen and oxygen atoms in total. The number of nitrogens with one attached hydrogen (secondary N) is 1. The zero-order chi connectivity index (χ0) is 17.9. The van der Waals surface area contributed by atoms with E-state index < -0.39 is 42.0 Å². The van der Waals surface area contributed by atoms with Crippen molar-refractivity contribution in [3.63, 3.8) is 0 Å². The summed E-state index contributed by atoms with van der Waals surface area (Å²) in [6.45, 7) is -0.187. The van der Waals surface area contributed by atoms with E-state index in [1.165, 1.54) is 4.90 Å². The maximum Gasteiger partial charge on any atom is 0.416 e. The largest absolute Gasteiger partial charge is 0.480 e. The minimum Gasteiger partial charge on any atom is -0.480 e. The van der Waals surface area contributed by atoms with Gasteiger partial charge < -0.3 is 10.4 Å². The molecule has 9 heteroatoms. The Kier molecular flexibility index (Phi) is 5.43. The monoisotopic (exact) mass is 348 g/mol. The third-order valence-electron chi connectivity index (χ3n) is 3.85. The summed E-state index contributed by atoms with van der Waals surface area (Å²) in [5.41, 5.74) is -1.40. The molecule has 1 unspecified atom stereocenters. The molecular formula is C15H16F4N2O3. The number of halogens is 4. The lowest BCUT2D eigenvalue weighted by atomic mass is 10.1. The highest BCUT2D eigenvalue weighted by Gasteiger charge is 2.34. The van der Waals surface area contributed by atoms with Gasteiger partial charge in [0.05, 0.1) is 12.1 Å². The number of carboxylic acid groups (broad SMARTS) is 1. The summed E-state index contributed by atoms with van der Waals surface area (Å²) < 4.78 is 51.6.